The molecule has 5 nitrogen and oxygen atoms in total. The largest absolute Gasteiger partial charge is 0.332 e. The summed E-state index contributed by atoms with van der Waals surface area (Å²) in [4.78, 5) is 15.1. The number of amides is 1. The van der Waals surface area contributed by atoms with Gasteiger partial charge in [0.2, 0.25) is 0 Å². The molecule has 3 N–H and O–H groups in total. The van der Waals surface area contributed by atoms with Gasteiger partial charge in [0.15, 0.2) is 5.13 Å². The highest BCUT2D eigenvalue weighted by Gasteiger charge is 2.03. The van der Waals surface area contributed by atoms with Crippen LogP contribution >= 0.6 is 11.3 Å². The average Bonchev–Trinajstić information content (AvgIpc) is 2.82. The minimum Gasteiger partial charge on any atom is -0.332 e. The second kappa shape index (κ2) is 4.73. The zero-order valence-electron chi connectivity index (χ0n) is 8.18. The number of anilines is 2. The number of hydrogen-bond acceptors (Lipinski definition) is 5. The Bertz CT molecular complexity index is 467. The molecule has 0 aliphatic heterocycles. The van der Waals surface area contributed by atoms with Gasteiger partial charge in [-0.25, -0.2) is 10.5 Å². The smallest absolute Gasteiger partial charge is 0.274 e. The van der Waals surface area contributed by atoms with Crippen molar-refractivity contribution in [3.63, 3.8) is 0 Å². The fourth-order valence-corrected chi connectivity index (χ4v) is 1.73. The summed E-state index contributed by atoms with van der Waals surface area (Å²) in [5.41, 5.74) is 2.81. The number of nitrogens with one attached hydrogen (secondary N) is 2. The van der Waals surface area contributed by atoms with Crippen LogP contribution in [0.2, 0.25) is 0 Å². The number of carbonyl (C=O) groups excluding carboxylic acids is 1. The normalized spacial score (nSPS) is 9.81. The highest BCUT2D eigenvalue weighted by molar-refractivity contribution is 7.13. The Hall–Kier alpha value is -1.92. The molecule has 0 aliphatic carbocycles. The van der Waals surface area contributed by atoms with Crippen LogP contribution in [0.1, 0.15) is 10.4 Å². The summed E-state index contributed by atoms with van der Waals surface area (Å²) in [6, 6.07) is 6.71. The molecule has 0 radical (unpaired) electrons. The monoisotopic (exact) mass is 235 g/mol. The van der Waals surface area contributed by atoms with E-state index < -0.39 is 5.91 Å². The van der Waals surface area contributed by atoms with E-state index in [1.807, 2.05) is 5.38 Å². The molecule has 1 heterocycles. The van der Waals surface area contributed by atoms with Gasteiger partial charge in [-0.15, -0.1) is 11.3 Å². The van der Waals surface area contributed by atoms with Gasteiger partial charge in [-0.1, -0.05) is 0 Å². The Labute approximate surface area is 95.7 Å². The first kappa shape index (κ1) is 10.6. The van der Waals surface area contributed by atoms with Crippen LogP contribution in [0.25, 0.3) is 0 Å². The molecule has 82 valence electrons. The lowest BCUT2D eigenvalue weighted by Crippen LogP contribution is -2.18. The van der Waals surface area contributed by atoms with Crippen LogP contribution in [0.3, 0.4) is 0 Å². The van der Waals surface area contributed by atoms with Crippen molar-refractivity contribution >= 4 is 28.1 Å². The van der Waals surface area contributed by atoms with E-state index in [1.54, 1.807) is 35.9 Å². The van der Waals surface area contributed by atoms with Gasteiger partial charge in [0.25, 0.3) is 5.91 Å². The topological polar surface area (TPSA) is 74.2 Å². The number of hydroxylamine groups is 1. The van der Waals surface area contributed by atoms with Crippen molar-refractivity contribution in [3.8, 4) is 0 Å². The Balaban J connectivity index is 2.10. The van der Waals surface area contributed by atoms with E-state index in [4.69, 9.17) is 5.21 Å². The van der Waals surface area contributed by atoms with Crippen LogP contribution in [0.4, 0.5) is 10.8 Å². The number of thiazole rings is 1. The van der Waals surface area contributed by atoms with Gasteiger partial charge in [-0.3, -0.25) is 10.0 Å². The van der Waals surface area contributed by atoms with Crippen LogP contribution < -0.4 is 10.8 Å². The summed E-state index contributed by atoms with van der Waals surface area (Å²) in [5, 5.41) is 14.2. The molecule has 6 heteroatoms. The summed E-state index contributed by atoms with van der Waals surface area (Å²) in [5.74, 6) is -0.527. The molecule has 0 bridgehead atoms. The Morgan fingerprint density at radius 1 is 1.31 bits per heavy atom. The van der Waals surface area contributed by atoms with Crippen LogP contribution in [-0.2, 0) is 0 Å². The maximum absolute atomic E-state index is 11.0. The van der Waals surface area contributed by atoms with Gasteiger partial charge in [0, 0.05) is 22.8 Å². The molecule has 0 saturated carbocycles. The molecule has 1 aromatic carbocycles. The Morgan fingerprint density at radius 2 is 2.06 bits per heavy atom. The van der Waals surface area contributed by atoms with Crippen molar-refractivity contribution in [1.82, 2.24) is 10.5 Å². The maximum Gasteiger partial charge on any atom is 0.274 e. The van der Waals surface area contributed by atoms with Crippen molar-refractivity contribution in [2.24, 2.45) is 0 Å². The van der Waals surface area contributed by atoms with E-state index in [2.05, 4.69) is 10.3 Å². The molecule has 1 amide bonds. The van der Waals surface area contributed by atoms with Crippen molar-refractivity contribution in [2.75, 3.05) is 5.32 Å². The molecular formula is C10H9N3O2S. The first-order chi connectivity index (χ1) is 7.79. The fourth-order valence-electron chi connectivity index (χ4n) is 1.18. The minimum atomic E-state index is -0.527. The highest BCUT2D eigenvalue weighted by Crippen LogP contribution is 2.18. The van der Waals surface area contributed by atoms with Crippen molar-refractivity contribution in [2.45, 2.75) is 0 Å². The van der Waals surface area contributed by atoms with E-state index in [9.17, 15) is 4.79 Å². The van der Waals surface area contributed by atoms with E-state index in [-0.39, 0.29) is 0 Å². The van der Waals surface area contributed by atoms with Gasteiger partial charge in [0.05, 0.1) is 0 Å². The minimum absolute atomic E-state index is 0.396. The molecule has 0 fully saturated rings. The summed E-state index contributed by atoms with van der Waals surface area (Å²) < 4.78 is 0. The number of nitrogens with zero attached hydrogens (tertiary/aromatic N) is 1. The SMILES string of the molecule is O=C(NO)c1ccc(Nc2nccs2)cc1. The molecule has 16 heavy (non-hydrogen) atoms. The summed E-state index contributed by atoms with van der Waals surface area (Å²) in [6.07, 6.45) is 1.71. The molecule has 2 rings (SSSR count). The fraction of sp³-hybridized carbons (Fsp3) is 0. The Morgan fingerprint density at radius 3 is 2.62 bits per heavy atom. The predicted molar refractivity (Wildman–Crippen MR) is 61.1 cm³/mol. The number of carbonyl (C=O) groups is 1. The summed E-state index contributed by atoms with van der Waals surface area (Å²) in [6.45, 7) is 0. The lowest BCUT2D eigenvalue weighted by Gasteiger charge is -2.03. The highest BCUT2D eigenvalue weighted by atomic mass is 32.1. The average molecular weight is 235 g/mol. The third kappa shape index (κ3) is 2.36. The molecule has 0 atom stereocenters. The van der Waals surface area contributed by atoms with Crippen molar-refractivity contribution in [1.29, 1.82) is 0 Å². The van der Waals surface area contributed by atoms with Crippen LogP contribution in [0.15, 0.2) is 35.8 Å². The van der Waals surface area contributed by atoms with E-state index >= 15 is 0 Å². The van der Waals surface area contributed by atoms with Gasteiger partial charge in [-0.2, -0.15) is 0 Å². The summed E-state index contributed by atoms with van der Waals surface area (Å²) >= 11 is 1.49. The molecule has 0 spiro atoms. The van der Waals surface area contributed by atoms with Crippen molar-refractivity contribution in [3.05, 3.63) is 41.4 Å². The maximum atomic E-state index is 11.0. The molecule has 0 saturated heterocycles. The van der Waals surface area contributed by atoms with Crippen LogP contribution in [0, 0.1) is 0 Å². The second-order valence-corrected chi connectivity index (χ2v) is 3.88. The van der Waals surface area contributed by atoms with Crippen molar-refractivity contribution < 1.29 is 10.0 Å². The van der Waals surface area contributed by atoms with Gasteiger partial charge in [0.1, 0.15) is 0 Å². The summed E-state index contributed by atoms with van der Waals surface area (Å²) in [7, 11) is 0. The van der Waals surface area contributed by atoms with Gasteiger partial charge < -0.3 is 5.32 Å². The Kier molecular flexibility index (Phi) is 3.13. The molecule has 2 aromatic rings. The predicted octanol–water partition coefficient (Wildman–Crippen LogP) is 2.01. The molecule has 0 aliphatic rings. The van der Waals surface area contributed by atoms with Crippen LogP contribution in [0.5, 0.6) is 0 Å². The lowest BCUT2D eigenvalue weighted by atomic mass is 10.2. The first-order valence-corrected chi connectivity index (χ1v) is 5.38. The number of rotatable bonds is 3. The van der Waals surface area contributed by atoms with E-state index in [0.29, 0.717) is 5.56 Å². The van der Waals surface area contributed by atoms with Gasteiger partial charge in [-0.05, 0) is 24.3 Å². The first-order valence-electron chi connectivity index (χ1n) is 4.50. The van der Waals surface area contributed by atoms with Crippen LogP contribution in [-0.4, -0.2) is 16.1 Å². The third-order valence-electron chi connectivity index (χ3n) is 1.93. The standard InChI is InChI=1S/C10H9N3O2S/c14-9(13-15)7-1-3-8(4-2-7)12-10-11-5-6-16-10/h1-6,15H,(H,11,12)(H,13,14). The molecule has 0 unspecified atom stereocenters. The van der Waals surface area contributed by atoms with Gasteiger partial charge >= 0.3 is 0 Å². The zero-order chi connectivity index (χ0) is 11.4. The second-order valence-electron chi connectivity index (χ2n) is 2.98. The van der Waals surface area contributed by atoms with E-state index in [0.717, 1.165) is 10.8 Å². The molecule has 1 aromatic heterocycles. The number of hydrogen-bond donors (Lipinski definition) is 3. The lowest BCUT2D eigenvalue weighted by molar-refractivity contribution is 0.0706. The van der Waals surface area contributed by atoms with E-state index in [1.165, 1.54) is 11.3 Å². The third-order valence-corrected chi connectivity index (χ3v) is 2.62. The number of aromatic nitrogens is 1. The molecular weight excluding hydrogens is 226 g/mol. The quantitative estimate of drug-likeness (QED) is 0.562. The number of benzene rings is 1. The zero-order valence-corrected chi connectivity index (χ0v) is 8.99.